The summed E-state index contributed by atoms with van der Waals surface area (Å²) in [5.41, 5.74) is 2.85. The lowest BCUT2D eigenvalue weighted by Gasteiger charge is -2.42. The lowest BCUT2D eigenvalue weighted by Crippen LogP contribution is -2.63. The van der Waals surface area contributed by atoms with Crippen LogP contribution < -0.4 is 0 Å². The number of para-hydroxylation sites is 1. The fraction of sp³-hybridized carbons (Fsp3) is 0.273. The third-order valence-electron chi connectivity index (χ3n) is 5.63. The number of halogens is 1. The Morgan fingerprint density at radius 2 is 1.50 bits per heavy atom. The van der Waals surface area contributed by atoms with Gasteiger partial charge in [-0.2, -0.15) is 0 Å². The third kappa shape index (κ3) is 3.15. The second kappa shape index (κ2) is 7.11. The molecule has 1 aromatic heterocycles. The second-order valence-corrected chi connectivity index (χ2v) is 7.32. The van der Waals surface area contributed by atoms with Crippen molar-refractivity contribution in [3.63, 3.8) is 0 Å². The summed E-state index contributed by atoms with van der Waals surface area (Å²) in [5, 5.41) is 1.06. The van der Waals surface area contributed by atoms with Gasteiger partial charge in [0.2, 0.25) is 11.8 Å². The Morgan fingerprint density at radius 3 is 2.18 bits per heavy atom. The standard InChI is InChI=1S/C22H22FN3O2/c1-25-19(11-14-7-9-16(23)10-8-14)21(27)26(2)20(22(25)28)12-15-13-24-18-6-4-3-5-17(15)18/h3-10,13,19-20,24H,11-12H2,1-2H3/t19-,20-/m0/s1. The molecule has 1 saturated heterocycles. The second-order valence-electron chi connectivity index (χ2n) is 7.32. The largest absolute Gasteiger partial charge is 0.361 e. The quantitative estimate of drug-likeness (QED) is 0.758. The first kappa shape index (κ1) is 18.2. The van der Waals surface area contributed by atoms with Gasteiger partial charge < -0.3 is 14.8 Å². The zero-order chi connectivity index (χ0) is 19.8. The number of carbonyl (C=O) groups excluding carboxylic acids is 2. The molecule has 1 N–H and O–H groups in total. The molecule has 3 aromatic rings. The number of rotatable bonds is 4. The first-order chi connectivity index (χ1) is 13.5. The van der Waals surface area contributed by atoms with Crippen LogP contribution in [-0.2, 0) is 22.4 Å². The molecule has 0 spiro atoms. The number of fused-ring (bicyclic) bond motifs is 1. The predicted molar refractivity (Wildman–Crippen MR) is 105 cm³/mol. The Labute approximate surface area is 162 Å². The number of aromatic nitrogens is 1. The van der Waals surface area contributed by atoms with Crippen molar-refractivity contribution in [1.82, 2.24) is 14.8 Å². The fourth-order valence-electron chi connectivity index (χ4n) is 3.91. The molecule has 2 amide bonds. The van der Waals surface area contributed by atoms with Crippen LogP contribution in [0.5, 0.6) is 0 Å². The molecule has 0 saturated carbocycles. The molecule has 6 heteroatoms. The number of nitrogens with one attached hydrogen (secondary N) is 1. The van der Waals surface area contributed by atoms with Gasteiger partial charge in [0, 0.05) is 44.0 Å². The zero-order valence-corrected chi connectivity index (χ0v) is 15.9. The summed E-state index contributed by atoms with van der Waals surface area (Å²) >= 11 is 0. The van der Waals surface area contributed by atoms with Crippen LogP contribution in [0.3, 0.4) is 0 Å². The molecule has 28 heavy (non-hydrogen) atoms. The van der Waals surface area contributed by atoms with E-state index in [-0.39, 0.29) is 17.6 Å². The van der Waals surface area contributed by atoms with E-state index in [1.165, 1.54) is 17.0 Å². The number of piperazine rings is 1. The average molecular weight is 379 g/mol. The summed E-state index contributed by atoms with van der Waals surface area (Å²) in [6.45, 7) is 0. The van der Waals surface area contributed by atoms with Crippen molar-refractivity contribution in [3.05, 3.63) is 71.7 Å². The van der Waals surface area contributed by atoms with Gasteiger partial charge in [-0.3, -0.25) is 9.59 Å². The van der Waals surface area contributed by atoms with Gasteiger partial charge >= 0.3 is 0 Å². The van der Waals surface area contributed by atoms with E-state index in [1.807, 2.05) is 30.5 Å². The molecule has 0 aliphatic carbocycles. The van der Waals surface area contributed by atoms with Crippen LogP contribution in [0.2, 0.25) is 0 Å². The SMILES string of the molecule is CN1C(=O)[C@H](Cc2c[nH]c3ccccc23)N(C)C(=O)[C@@H]1Cc1ccc(F)cc1. The van der Waals surface area contributed by atoms with Crippen LogP contribution >= 0.6 is 0 Å². The van der Waals surface area contributed by atoms with E-state index in [0.29, 0.717) is 12.8 Å². The summed E-state index contributed by atoms with van der Waals surface area (Å²) in [6, 6.07) is 12.8. The van der Waals surface area contributed by atoms with Gasteiger partial charge in [0.05, 0.1) is 0 Å². The molecule has 1 aliphatic rings. The Hall–Kier alpha value is -3.15. The van der Waals surface area contributed by atoms with E-state index in [4.69, 9.17) is 0 Å². The van der Waals surface area contributed by atoms with Gasteiger partial charge in [0.1, 0.15) is 17.9 Å². The van der Waals surface area contributed by atoms with Crippen LogP contribution in [0.4, 0.5) is 4.39 Å². The Balaban J connectivity index is 1.56. The molecule has 0 bridgehead atoms. The van der Waals surface area contributed by atoms with Crippen molar-refractivity contribution in [1.29, 1.82) is 0 Å². The van der Waals surface area contributed by atoms with E-state index in [1.54, 1.807) is 31.1 Å². The van der Waals surface area contributed by atoms with Gasteiger partial charge in [-0.1, -0.05) is 30.3 Å². The normalized spacial score (nSPS) is 20.2. The van der Waals surface area contributed by atoms with Crippen molar-refractivity contribution in [3.8, 4) is 0 Å². The molecular weight excluding hydrogens is 357 g/mol. The summed E-state index contributed by atoms with van der Waals surface area (Å²) < 4.78 is 13.1. The highest BCUT2D eigenvalue weighted by atomic mass is 19.1. The Kier molecular flexibility index (Phi) is 4.63. The third-order valence-corrected chi connectivity index (χ3v) is 5.63. The van der Waals surface area contributed by atoms with Crippen LogP contribution in [0.15, 0.2) is 54.7 Å². The van der Waals surface area contributed by atoms with Crippen LogP contribution in [-0.4, -0.2) is 52.8 Å². The Bertz CT molecular complexity index is 1030. The maximum absolute atomic E-state index is 13.1. The van der Waals surface area contributed by atoms with Crippen molar-refractivity contribution in [2.45, 2.75) is 24.9 Å². The van der Waals surface area contributed by atoms with Gasteiger partial charge in [0.15, 0.2) is 0 Å². The number of likely N-dealkylation sites (N-methyl/N-ethyl adjacent to an activating group) is 2. The molecule has 2 atom stereocenters. The number of nitrogens with zero attached hydrogens (tertiary/aromatic N) is 2. The van der Waals surface area contributed by atoms with Gasteiger partial charge in [-0.15, -0.1) is 0 Å². The molecule has 144 valence electrons. The van der Waals surface area contributed by atoms with Gasteiger partial charge in [-0.25, -0.2) is 4.39 Å². The number of aromatic amines is 1. The van der Waals surface area contributed by atoms with E-state index in [9.17, 15) is 14.0 Å². The van der Waals surface area contributed by atoms with E-state index >= 15 is 0 Å². The molecule has 2 heterocycles. The van der Waals surface area contributed by atoms with Gasteiger partial charge in [-0.05, 0) is 29.3 Å². The minimum atomic E-state index is -0.581. The monoisotopic (exact) mass is 379 g/mol. The maximum Gasteiger partial charge on any atom is 0.246 e. The number of hydrogen-bond donors (Lipinski definition) is 1. The zero-order valence-electron chi connectivity index (χ0n) is 15.9. The molecule has 2 aromatic carbocycles. The van der Waals surface area contributed by atoms with E-state index in [2.05, 4.69) is 4.98 Å². The van der Waals surface area contributed by atoms with Gasteiger partial charge in [0.25, 0.3) is 0 Å². The van der Waals surface area contributed by atoms with E-state index < -0.39 is 12.1 Å². The minimum absolute atomic E-state index is 0.0838. The topological polar surface area (TPSA) is 56.4 Å². The smallest absolute Gasteiger partial charge is 0.246 e. The van der Waals surface area contributed by atoms with Crippen LogP contribution in [0.25, 0.3) is 10.9 Å². The lowest BCUT2D eigenvalue weighted by atomic mass is 9.95. The molecule has 1 fully saturated rings. The molecular formula is C22H22FN3O2. The molecule has 4 rings (SSSR count). The highest BCUT2D eigenvalue weighted by Crippen LogP contribution is 2.25. The summed E-state index contributed by atoms with van der Waals surface area (Å²) in [7, 11) is 3.36. The fourth-order valence-corrected chi connectivity index (χ4v) is 3.91. The molecule has 0 radical (unpaired) electrons. The molecule has 5 nitrogen and oxygen atoms in total. The predicted octanol–water partition coefficient (Wildman–Crippen LogP) is 2.76. The minimum Gasteiger partial charge on any atom is -0.361 e. The Morgan fingerprint density at radius 1 is 0.893 bits per heavy atom. The summed E-state index contributed by atoms with van der Waals surface area (Å²) in [5.74, 6) is -0.505. The molecule has 1 aliphatic heterocycles. The first-order valence-electron chi connectivity index (χ1n) is 9.28. The van der Waals surface area contributed by atoms with Crippen molar-refractivity contribution in [2.24, 2.45) is 0 Å². The number of H-pyrrole nitrogens is 1. The summed E-state index contributed by atoms with van der Waals surface area (Å²) in [6.07, 6.45) is 2.73. The maximum atomic E-state index is 13.1. The number of benzene rings is 2. The van der Waals surface area contributed by atoms with E-state index in [0.717, 1.165) is 22.0 Å². The number of amides is 2. The number of hydrogen-bond acceptors (Lipinski definition) is 2. The lowest BCUT2D eigenvalue weighted by molar-refractivity contribution is -0.158. The van der Waals surface area contributed by atoms with Crippen molar-refractivity contribution >= 4 is 22.7 Å². The first-order valence-corrected chi connectivity index (χ1v) is 9.28. The van der Waals surface area contributed by atoms with Crippen LogP contribution in [0.1, 0.15) is 11.1 Å². The summed E-state index contributed by atoms with van der Waals surface area (Å²) in [4.78, 5) is 32.4. The molecule has 0 unspecified atom stereocenters. The average Bonchev–Trinajstić information content (AvgIpc) is 3.11. The van der Waals surface area contributed by atoms with Crippen molar-refractivity contribution in [2.75, 3.05) is 14.1 Å². The highest BCUT2D eigenvalue weighted by molar-refractivity contribution is 5.97. The van der Waals surface area contributed by atoms with Crippen LogP contribution in [0, 0.1) is 5.82 Å². The highest BCUT2D eigenvalue weighted by Gasteiger charge is 2.42. The number of carbonyl (C=O) groups is 2. The van der Waals surface area contributed by atoms with Crippen molar-refractivity contribution < 1.29 is 14.0 Å².